The third-order valence-electron chi connectivity index (χ3n) is 8.72. The molecule has 1 aliphatic rings. The number of unbranched alkanes of at least 4 members (excludes halogenated alkanes) is 3. The van der Waals surface area contributed by atoms with Crippen molar-refractivity contribution < 1.29 is 33.5 Å². The number of carbonyl (C=O) groups excluding carboxylic acids is 6. The van der Waals surface area contributed by atoms with E-state index in [-0.39, 0.29) is 42.0 Å². The molecule has 3 N–H and O–H groups in total. The van der Waals surface area contributed by atoms with Crippen LogP contribution < -0.4 is 16.0 Å². The maximum Gasteiger partial charge on any atom is 0.330 e. The van der Waals surface area contributed by atoms with Gasteiger partial charge in [-0.15, -0.1) is 0 Å². The topological polar surface area (TPSA) is 151 Å². The average molecular weight is 695 g/mol. The predicted octanol–water partition coefficient (Wildman–Crippen LogP) is 6.85. The summed E-state index contributed by atoms with van der Waals surface area (Å²) in [5.41, 5.74) is 3.62. The van der Waals surface area contributed by atoms with Gasteiger partial charge in [-0.3, -0.25) is 24.0 Å². The van der Waals surface area contributed by atoms with Crippen LogP contribution in [0.2, 0.25) is 0 Å². The second-order valence-electron chi connectivity index (χ2n) is 12.4. The van der Waals surface area contributed by atoms with Crippen LogP contribution in [0.3, 0.4) is 0 Å². The summed E-state index contributed by atoms with van der Waals surface area (Å²) in [5, 5.41) is 8.37. The molecule has 0 fully saturated rings. The first-order valence-electron chi connectivity index (χ1n) is 17.5. The van der Waals surface area contributed by atoms with E-state index in [2.05, 4.69) is 41.3 Å². The number of carbonyl (C=O) groups is 6. The molecule has 11 nitrogen and oxygen atoms in total. The summed E-state index contributed by atoms with van der Waals surface area (Å²) in [4.78, 5) is 77.9. The lowest BCUT2D eigenvalue weighted by molar-refractivity contribution is -0.137. The van der Waals surface area contributed by atoms with Gasteiger partial charge in [0, 0.05) is 58.2 Å². The van der Waals surface area contributed by atoms with Crippen molar-refractivity contribution in [1.82, 2.24) is 4.90 Å². The van der Waals surface area contributed by atoms with Gasteiger partial charge >= 0.3 is 5.97 Å². The first-order chi connectivity index (χ1) is 24.6. The van der Waals surface area contributed by atoms with E-state index in [4.69, 9.17) is 4.74 Å². The molecule has 3 aromatic carbocycles. The van der Waals surface area contributed by atoms with Crippen LogP contribution in [0.4, 0.5) is 17.1 Å². The van der Waals surface area contributed by atoms with Gasteiger partial charge in [0.15, 0.2) is 11.6 Å². The number of amides is 3. The largest absolute Gasteiger partial charge is 0.463 e. The number of ether oxygens (including phenoxy) is 1. The molecule has 3 amide bonds. The number of esters is 1. The summed E-state index contributed by atoms with van der Waals surface area (Å²) in [5.74, 6) is -1.78. The number of Topliss-reactive ketones (excluding diaryl/α,β-unsaturated/α-hetero) is 2. The van der Waals surface area contributed by atoms with Crippen LogP contribution in [0.1, 0.15) is 106 Å². The molecule has 0 spiro atoms. The fourth-order valence-electron chi connectivity index (χ4n) is 5.74. The minimum atomic E-state index is -0.522. The minimum absolute atomic E-state index is 0.0962. The van der Waals surface area contributed by atoms with Gasteiger partial charge in [-0.1, -0.05) is 32.9 Å². The quantitative estimate of drug-likeness (QED) is 0.0503. The Morgan fingerprint density at radius 1 is 0.745 bits per heavy atom. The van der Waals surface area contributed by atoms with Crippen LogP contribution in [-0.4, -0.2) is 66.4 Å². The zero-order valence-electron chi connectivity index (χ0n) is 29.3. The maximum absolute atomic E-state index is 13.3. The summed E-state index contributed by atoms with van der Waals surface area (Å²) in [6.07, 6.45) is 5.45. The highest BCUT2D eigenvalue weighted by Gasteiger charge is 2.19. The highest BCUT2D eigenvalue weighted by Crippen LogP contribution is 2.27. The van der Waals surface area contributed by atoms with Crippen molar-refractivity contribution in [2.24, 2.45) is 0 Å². The van der Waals surface area contributed by atoms with E-state index < -0.39 is 11.9 Å². The van der Waals surface area contributed by atoms with Gasteiger partial charge in [0.05, 0.1) is 13.0 Å². The van der Waals surface area contributed by atoms with Gasteiger partial charge in [-0.2, -0.15) is 0 Å². The predicted molar refractivity (Wildman–Crippen MR) is 197 cm³/mol. The highest BCUT2D eigenvalue weighted by molar-refractivity contribution is 6.09. The number of benzene rings is 3. The molecule has 4 rings (SSSR count). The number of anilines is 3. The second-order valence-corrected chi connectivity index (χ2v) is 12.4. The molecule has 1 aliphatic heterocycles. The lowest BCUT2D eigenvalue weighted by atomic mass is 9.98. The van der Waals surface area contributed by atoms with Gasteiger partial charge in [0.2, 0.25) is 5.91 Å². The lowest BCUT2D eigenvalue weighted by Gasteiger charge is -2.17. The number of ketones is 2. The van der Waals surface area contributed by atoms with Gasteiger partial charge in [0.25, 0.3) is 11.8 Å². The van der Waals surface area contributed by atoms with Crippen LogP contribution in [-0.2, 0) is 20.7 Å². The summed E-state index contributed by atoms with van der Waals surface area (Å²) in [6, 6.07) is 16.0. The van der Waals surface area contributed by atoms with Crippen molar-refractivity contribution >= 4 is 52.3 Å². The second kappa shape index (κ2) is 19.1. The Labute approximate surface area is 298 Å². The molecule has 268 valence electrons. The smallest absolute Gasteiger partial charge is 0.330 e. The number of nitrogens with one attached hydrogen (secondary N) is 3. The molecular weight excluding hydrogens is 648 g/mol. The summed E-state index contributed by atoms with van der Waals surface area (Å²) in [7, 11) is 0. The first kappa shape index (κ1) is 38.4. The number of hydrogen-bond donors (Lipinski definition) is 3. The third kappa shape index (κ3) is 11.6. The molecule has 0 atom stereocenters. The van der Waals surface area contributed by atoms with Crippen molar-refractivity contribution in [1.29, 1.82) is 0 Å². The zero-order chi connectivity index (χ0) is 36.8. The molecule has 3 aromatic rings. The van der Waals surface area contributed by atoms with Gasteiger partial charge in [-0.25, -0.2) is 4.79 Å². The van der Waals surface area contributed by atoms with Crippen LogP contribution in [0.15, 0.2) is 73.3 Å². The molecule has 0 saturated heterocycles. The van der Waals surface area contributed by atoms with E-state index in [1.54, 1.807) is 36.4 Å². The fourth-order valence-corrected chi connectivity index (χ4v) is 5.74. The Kier molecular flexibility index (Phi) is 14.4. The van der Waals surface area contributed by atoms with Crippen LogP contribution in [0, 0.1) is 0 Å². The average Bonchev–Trinajstić information content (AvgIpc) is 3.51. The van der Waals surface area contributed by atoms with Crippen LogP contribution in [0.25, 0.3) is 0 Å². The third-order valence-corrected chi connectivity index (χ3v) is 8.72. The monoisotopic (exact) mass is 694 g/mol. The van der Waals surface area contributed by atoms with Crippen molar-refractivity contribution in [3.8, 4) is 0 Å². The molecule has 1 heterocycles. The van der Waals surface area contributed by atoms with Crippen molar-refractivity contribution in [3.63, 3.8) is 0 Å². The summed E-state index contributed by atoms with van der Waals surface area (Å²) < 4.78 is 4.98. The van der Waals surface area contributed by atoms with E-state index in [0.717, 1.165) is 44.1 Å². The van der Waals surface area contributed by atoms with Gasteiger partial charge < -0.3 is 25.6 Å². The van der Waals surface area contributed by atoms with Crippen LogP contribution in [0.5, 0.6) is 0 Å². The number of rotatable bonds is 20. The fraction of sp³-hybridized carbons (Fsp3) is 0.350. The molecule has 0 unspecified atom stereocenters. The minimum Gasteiger partial charge on any atom is -0.463 e. The molecule has 0 aromatic heterocycles. The first-order valence-corrected chi connectivity index (χ1v) is 17.5. The molecule has 0 aliphatic carbocycles. The molecule has 11 heteroatoms. The molecular formula is C40H46N4O7. The SMILES string of the molecule is C=CC(=O)OCCCCC(=O)c1cc(NC(=O)c2ccc(C(=O)Nc3ccc4c(c3)NC(=O)C4)cc2)cc(C(=O)CCCCCN(CC)CC)c1. The lowest BCUT2D eigenvalue weighted by Crippen LogP contribution is -2.23. The molecule has 0 saturated carbocycles. The molecule has 0 bridgehead atoms. The van der Waals surface area contributed by atoms with Crippen LogP contribution >= 0.6 is 0 Å². The Balaban J connectivity index is 1.41. The zero-order valence-corrected chi connectivity index (χ0v) is 29.3. The summed E-state index contributed by atoms with van der Waals surface area (Å²) >= 11 is 0. The van der Waals surface area contributed by atoms with E-state index in [9.17, 15) is 28.8 Å². The van der Waals surface area contributed by atoms with E-state index in [0.29, 0.717) is 65.9 Å². The van der Waals surface area contributed by atoms with E-state index in [1.807, 2.05) is 0 Å². The van der Waals surface area contributed by atoms with Crippen molar-refractivity contribution in [2.45, 2.75) is 65.2 Å². The summed E-state index contributed by atoms with van der Waals surface area (Å²) in [6.45, 7) is 10.7. The molecule has 51 heavy (non-hydrogen) atoms. The molecule has 0 radical (unpaired) electrons. The van der Waals surface area contributed by atoms with E-state index >= 15 is 0 Å². The Morgan fingerprint density at radius 3 is 1.92 bits per heavy atom. The standard InChI is InChI=1S/C40H46N4O7/c1-4-38(48)51-21-11-9-13-36(46)31-22-30(35(45)12-8-7-10-20-44(5-2)6-3)23-33(24-31)42-40(50)28-16-14-27(15-17-28)39(49)41-32-19-18-29-25-37(47)43-34(29)26-32/h4,14-19,22-24,26H,1,5-13,20-21,25H2,2-3H3,(H,41,49)(H,42,50)(H,43,47). The Hall–Kier alpha value is -5.42. The van der Waals surface area contributed by atoms with E-state index in [1.165, 1.54) is 24.3 Å². The van der Waals surface area contributed by atoms with Gasteiger partial charge in [0.1, 0.15) is 0 Å². The number of hydrogen-bond acceptors (Lipinski definition) is 8. The van der Waals surface area contributed by atoms with Crippen molar-refractivity contribution in [2.75, 3.05) is 42.2 Å². The Morgan fingerprint density at radius 2 is 1.33 bits per heavy atom. The normalized spacial score (nSPS) is 11.8. The van der Waals surface area contributed by atoms with Gasteiger partial charge in [-0.05, 0) is 105 Å². The number of nitrogens with zero attached hydrogens (tertiary/aromatic N) is 1. The Bertz CT molecular complexity index is 1760. The van der Waals surface area contributed by atoms with Crippen molar-refractivity contribution in [3.05, 3.63) is 101 Å². The maximum atomic E-state index is 13.3. The number of fused-ring (bicyclic) bond motifs is 1. The highest BCUT2D eigenvalue weighted by atomic mass is 16.5.